The maximum absolute atomic E-state index is 12.5. The number of hydrogen-bond donors (Lipinski definition) is 1. The minimum absolute atomic E-state index is 0.00764. The molecule has 1 aromatic carbocycles. The van der Waals surface area contributed by atoms with Gasteiger partial charge in [0, 0.05) is 24.2 Å². The van der Waals surface area contributed by atoms with Crippen LogP contribution in [0.1, 0.15) is 10.5 Å². The molecular weight excluding hydrogens is 402 g/mol. The second-order valence-electron chi connectivity index (χ2n) is 6.15. The van der Waals surface area contributed by atoms with Gasteiger partial charge in [-0.2, -0.15) is 0 Å². The zero-order valence-corrected chi connectivity index (χ0v) is 16.8. The predicted octanol–water partition coefficient (Wildman–Crippen LogP) is 2.46. The smallest absolute Gasteiger partial charge is 0.355 e. The lowest BCUT2D eigenvalue weighted by Crippen LogP contribution is -2.26. The maximum Gasteiger partial charge on any atom is 0.355 e. The number of allylic oxidation sites excluding steroid dienone is 2. The van der Waals surface area contributed by atoms with E-state index in [1.807, 2.05) is 0 Å². The molecule has 1 aliphatic rings. The third-order valence-corrected chi connectivity index (χ3v) is 4.22. The number of methoxy groups -OCH3 is 2. The summed E-state index contributed by atoms with van der Waals surface area (Å²) in [6.45, 7) is 0. The molecule has 2 aromatic rings. The van der Waals surface area contributed by atoms with Crippen LogP contribution in [0.4, 0.5) is 5.69 Å². The fraction of sp³-hybridized carbons (Fsp3) is 0.0909. The van der Waals surface area contributed by atoms with Crippen molar-refractivity contribution in [2.24, 2.45) is 5.73 Å². The minimum atomic E-state index is -0.701. The minimum Gasteiger partial charge on any atom is -0.465 e. The lowest BCUT2D eigenvalue weighted by Gasteiger charge is -2.23. The number of ether oxygens (including phenoxy) is 3. The number of hydrogen-bond acceptors (Lipinski definition) is 8. The highest BCUT2D eigenvalue weighted by atomic mass is 16.5. The van der Waals surface area contributed by atoms with Crippen molar-refractivity contribution in [3.05, 3.63) is 84.0 Å². The van der Waals surface area contributed by atoms with Crippen molar-refractivity contribution in [1.29, 1.82) is 0 Å². The highest BCUT2D eigenvalue weighted by molar-refractivity contribution is 6.05. The Kier molecular flexibility index (Phi) is 6.46. The van der Waals surface area contributed by atoms with E-state index in [2.05, 4.69) is 4.98 Å². The van der Waals surface area contributed by atoms with Gasteiger partial charge in [-0.15, -0.1) is 0 Å². The van der Waals surface area contributed by atoms with Crippen molar-refractivity contribution in [1.82, 2.24) is 4.98 Å². The number of nitrogens with zero attached hydrogens (tertiary/aromatic N) is 2. The first-order valence-corrected chi connectivity index (χ1v) is 9.03. The van der Waals surface area contributed by atoms with E-state index in [-0.39, 0.29) is 17.0 Å². The van der Waals surface area contributed by atoms with E-state index in [0.29, 0.717) is 17.2 Å². The van der Waals surface area contributed by atoms with Crippen molar-refractivity contribution < 1.29 is 28.6 Å². The van der Waals surface area contributed by atoms with Crippen LogP contribution in [0.5, 0.6) is 11.5 Å². The van der Waals surface area contributed by atoms with Crippen molar-refractivity contribution in [2.45, 2.75) is 0 Å². The van der Waals surface area contributed by atoms with E-state index in [1.54, 1.807) is 48.7 Å². The highest BCUT2D eigenvalue weighted by Crippen LogP contribution is 2.29. The van der Waals surface area contributed by atoms with Crippen LogP contribution in [0.3, 0.4) is 0 Å². The largest absolute Gasteiger partial charge is 0.465 e. The summed E-state index contributed by atoms with van der Waals surface area (Å²) in [7, 11) is 2.46. The lowest BCUT2D eigenvalue weighted by atomic mass is 10.1. The number of amides is 1. The predicted molar refractivity (Wildman–Crippen MR) is 111 cm³/mol. The fourth-order valence-electron chi connectivity index (χ4n) is 2.79. The summed E-state index contributed by atoms with van der Waals surface area (Å²) in [5.74, 6) is -1.18. The molecule has 31 heavy (non-hydrogen) atoms. The summed E-state index contributed by atoms with van der Waals surface area (Å²) >= 11 is 0. The quantitative estimate of drug-likeness (QED) is 0.706. The Morgan fingerprint density at radius 1 is 0.935 bits per heavy atom. The van der Waals surface area contributed by atoms with Crippen LogP contribution in [0.15, 0.2) is 78.3 Å². The Balaban J connectivity index is 1.93. The van der Waals surface area contributed by atoms with Gasteiger partial charge in [-0.1, -0.05) is 6.08 Å². The van der Waals surface area contributed by atoms with Crippen molar-refractivity contribution in [2.75, 3.05) is 19.1 Å². The molecular formula is C22H19N3O6. The van der Waals surface area contributed by atoms with Gasteiger partial charge in [0.05, 0.1) is 19.8 Å². The van der Waals surface area contributed by atoms with Gasteiger partial charge in [-0.3, -0.25) is 9.78 Å². The molecule has 0 atom stereocenters. The van der Waals surface area contributed by atoms with Crippen molar-refractivity contribution in [3.8, 4) is 11.5 Å². The number of nitrogens with two attached hydrogens (primary N) is 1. The number of pyridine rings is 1. The zero-order chi connectivity index (χ0) is 22.4. The van der Waals surface area contributed by atoms with Crippen molar-refractivity contribution >= 4 is 23.5 Å². The molecule has 9 heteroatoms. The molecule has 0 spiro atoms. The lowest BCUT2D eigenvalue weighted by molar-refractivity contribution is -0.139. The van der Waals surface area contributed by atoms with E-state index < -0.39 is 17.8 Å². The van der Waals surface area contributed by atoms with Crippen LogP contribution in [-0.4, -0.2) is 37.0 Å². The molecule has 1 amide bonds. The van der Waals surface area contributed by atoms with Crippen LogP contribution in [-0.2, 0) is 19.1 Å². The first kappa shape index (κ1) is 21.3. The van der Waals surface area contributed by atoms with E-state index >= 15 is 0 Å². The zero-order valence-electron chi connectivity index (χ0n) is 16.8. The Labute approximate surface area is 178 Å². The van der Waals surface area contributed by atoms with Gasteiger partial charge in [0.1, 0.15) is 22.9 Å². The third kappa shape index (κ3) is 4.78. The number of carbonyl (C=O) groups is 3. The third-order valence-electron chi connectivity index (χ3n) is 4.22. The molecule has 1 aromatic heterocycles. The second-order valence-corrected chi connectivity index (χ2v) is 6.15. The molecule has 0 aliphatic carbocycles. The molecule has 3 rings (SSSR count). The first-order valence-electron chi connectivity index (χ1n) is 9.03. The molecule has 0 unspecified atom stereocenters. The van der Waals surface area contributed by atoms with Crippen molar-refractivity contribution in [3.63, 3.8) is 0 Å². The van der Waals surface area contributed by atoms with Gasteiger partial charge in [0.15, 0.2) is 0 Å². The fourth-order valence-corrected chi connectivity index (χ4v) is 2.79. The maximum atomic E-state index is 12.5. The first-order chi connectivity index (χ1) is 14.9. The van der Waals surface area contributed by atoms with Gasteiger partial charge in [0.2, 0.25) is 0 Å². The highest BCUT2D eigenvalue weighted by Gasteiger charge is 2.27. The van der Waals surface area contributed by atoms with E-state index in [0.717, 1.165) is 0 Å². The summed E-state index contributed by atoms with van der Waals surface area (Å²) in [6, 6.07) is 9.74. The summed E-state index contributed by atoms with van der Waals surface area (Å²) in [6.07, 6.45) is 7.81. The van der Waals surface area contributed by atoms with Crippen LogP contribution in [0, 0.1) is 0 Å². The molecule has 0 saturated heterocycles. The van der Waals surface area contributed by atoms with Gasteiger partial charge in [0.25, 0.3) is 5.91 Å². The summed E-state index contributed by atoms with van der Waals surface area (Å²) in [5.41, 5.74) is 5.95. The molecule has 2 heterocycles. The summed E-state index contributed by atoms with van der Waals surface area (Å²) < 4.78 is 15.4. The Morgan fingerprint density at radius 3 is 2.29 bits per heavy atom. The van der Waals surface area contributed by atoms with Gasteiger partial charge >= 0.3 is 11.9 Å². The Hall–Kier alpha value is -4.40. The molecule has 9 nitrogen and oxygen atoms in total. The number of aromatic nitrogens is 1. The number of primary amides is 1. The monoisotopic (exact) mass is 421 g/mol. The van der Waals surface area contributed by atoms with Crippen LogP contribution in [0.2, 0.25) is 0 Å². The molecule has 0 bridgehead atoms. The standard InChI is InChI=1S/C22H19N3O6/c1-29-21(27)17-5-3-4-12-25(19(17)22(28)30-2)14-6-8-15(9-7-14)31-16-10-11-24-18(13-16)20(23)26/h3-13H,1-2H3,(H2,23,26). The van der Waals surface area contributed by atoms with Gasteiger partial charge < -0.3 is 24.8 Å². The SMILES string of the molecule is COC(=O)C1=C(C(=O)OC)N(c2ccc(Oc3ccnc(C(N)=O)c3)cc2)C=CC=C1. The topological polar surface area (TPSA) is 121 Å². The van der Waals surface area contributed by atoms with E-state index in [9.17, 15) is 14.4 Å². The normalized spacial score (nSPS) is 12.9. The van der Waals surface area contributed by atoms with E-state index in [1.165, 1.54) is 37.5 Å². The van der Waals surface area contributed by atoms with Gasteiger partial charge in [-0.05, 0) is 42.5 Å². The molecule has 2 N–H and O–H groups in total. The number of esters is 2. The average Bonchev–Trinajstić information content (AvgIpc) is 3.02. The summed E-state index contributed by atoms with van der Waals surface area (Å²) in [4.78, 5) is 41.3. The summed E-state index contributed by atoms with van der Waals surface area (Å²) in [5, 5.41) is 0. The Bertz CT molecular complexity index is 1100. The number of rotatable bonds is 6. The number of carbonyl (C=O) groups excluding carboxylic acids is 3. The molecule has 0 fully saturated rings. The Morgan fingerprint density at radius 2 is 1.65 bits per heavy atom. The van der Waals surface area contributed by atoms with Crippen LogP contribution >= 0.6 is 0 Å². The average molecular weight is 421 g/mol. The second kappa shape index (κ2) is 9.40. The van der Waals surface area contributed by atoms with Gasteiger partial charge in [-0.25, -0.2) is 9.59 Å². The number of benzene rings is 1. The molecule has 0 saturated carbocycles. The number of anilines is 1. The molecule has 158 valence electrons. The molecule has 0 radical (unpaired) electrons. The van der Waals surface area contributed by atoms with E-state index in [4.69, 9.17) is 19.9 Å². The van der Waals surface area contributed by atoms with Crippen LogP contribution < -0.4 is 15.4 Å². The van der Waals surface area contributed by atoms with Crippen LogP contribution in [0.25, 0.3) is 0 Å². The molecule has 1 aliphatic heterocycles.